The van der Waals surface area contributed by atoms with Crippen molar-refractivity contribution in [3.63, 3.8) is 0 Å². The van der Waals surface area contributed by atoms with Crippen LogP contribution in [0.15, 0.2) is 22.7 Å². The number of hydrogen-bond donors (Lipinski definition) is 1. The Morgan fingerprint density at radius 2 is 2.10 bits per heavy atom. The lowest BCUT2D eigenvalue weighted by Crippen LogP contribution is -2.24. The van der Waals surface area contributed by atoms with E-state index in [9.17, 15) is 13.2 Å². The maximum Gasteiger partial charge on any atom is 0.416 e. The van der Waals surface area contributed by atoms with E-state index in [0.717, 1.165) is 6.07 Å². The number of terminal acetylenes is 1. The Hall–Kier alpha value is -0.990. The number of nitrogens with one attached hydrogen (secondary N) is 1. The van der Waals surface area contributed by atoms with Gasteiger partial charge in [-0.1, -0.05) is 28.9 Å². The summed E-state index contributed by atoms with van der Waals surface area (Å²) in [4.78, 5) is 0. The zero-order chi connectivity index (χ0) is 15.2. The summed E-state index contributed by atoms with van der Waals surface area (Å²) in [7, 11) is 0. The molecule has 1 rings (SSSR count). The van der Waals surface area contributed by atoms with Crippen molar-refractivity contribution in [3.8, 4) is 12.3 Å². The van der Waals surface area contributed by atoms with Gasteiger partial charge in [-0.3, -0.25) is 0 Å². The molecule has 0 aliphatic carbocycles. The second-order valence-electron chi connectivity index (χ2n) is 4.44. The Morgan fingerprint density at radius 3 is 2.65 bits per heavy atom. The van der Waals surface area contributed by atoms with Crippen molar-refractivity contribution in [2.75, 3.05) is 6.54 Å². The number of benzene rings is 1. The van der Waals surface area contributed by atoms with Crippen molar-refractivity contribution in [3.05, 3.63) is 33.8 Å². The van der Waals surface area contributed by atoms with Crippen LogP contribution in [-0.2, 0) is 6.18 Å². The zero-order valence-electron chi connectivity index (χ0n) is 11.2. The molecule has 0 radical (unpaired) electrons. The number of hydrogen-bond acceptors (Lipinski definition) is 1. The Morgan fingerprint density at radius 1 is 1.40 bits per heavy atom. The van der Waals surface area contributed by atoms with E-state index >= 15 is 0 Å². The molecule has 0 spiro atoms. The van der Waals surface area contributed by atoms with E-state index in [1.165, 1.54) is 6.07 Å². The molecule has 1 aromatic carbocycles. The van der Waals surface area contributed by atoms with Gasteiger partial charge in [0.15, 0.2) is 0 Å². The topological polar surface area (TPSA) is 12.0 Å². The van der Waals surface area contributed by atoms with E-state index in [-0.39, 0.29) is 11.6 Å². The van der Waals surface area contributed by atoms with Crippen molar-refractivity contribution >= 4 is 15.9 Å². The summed E-state index contributed by atoms with van der Waals surface area (Å²) < 4.78 is 39.8. The highest BCUT2D eigenvalue weighted by Crippen LogP contribution is 2.37. The molecule has 5 heteroatoms. The molecule has 0 aromatic heterocycles. The fraction of sp³-hybridized carbons (Fsp3) is 0.467. The minimum absolute atomic E-state index is 0.277. The van der Waals surface area contributed by atoms with Gasteiger partial charge in [-0.15, -0.1) is 12.3 Å². The van der Waals surface area contributed by atoms with E-state index in [1.807, 2.05) is 6.92 Å². The molecule has 1 aromatic rings. The molecule has 0 aliphatic rings. The van der Waals surface area contributed by atoms with Crippen LogP contribution in [0.5, 0.6) is 0 Å². The van der Waals surface area contributed by atoms with Gasteiger partial charge in [0.25, 0.3) is 0 Å². The van der Waals surface area contributed by atoms with E-state index < -0.39 is 11.7 Å². The summed E-state index contributed by atoms with van der Waals surface area (Å²) in [5.41, 5.74) is -0.321. The molecule has 1 unspecified atom stereocenters. The molecule has 0 saturated carbocycles. The first-order valence-corrected chi connectivity index (χ1v) is 7.23. The highest BCUT2D eigenvalue weighted by molar-refractivity contribution is 9.10. The maximum atomic E-state index is 13.1. The minimum Gasteiger partial charge on any atom is -0.310 e. The van der Waals surface area contributed by atoms with Gasteiger partial charge in [0.1, 0.15) is 0 Å². The summed E-state index contributed by atoms with van der Waals surface area (Å²) >= 11 is 3.09. The van der Waals surface area contributed by atoms with Crippen LogP contribution in [0.3, 0.4) is 0 Å². The quantitative estimate of drug-likeness (QED) is 0.568. The van der Waals surface area contributed by atoms with Crippen molar-refractivity contribution < 1.29 is 13.2 Å². The predicted octanol–water partition coefficient (Wildman–Crippen LogP) is 4.92. The lowest BCUT2D eigenvalue weighted by atomic mass is 9.95. The van der Waals surface area contributed by atoms with Gasteiger partial charge in [-0.05, 0) is 37.1 Å². The van der Waals surface area contributed by atoms with Crippen LogP contribution < -0.4 is 5.32 Å². The Kier molecular flexibility index (Phi) is 6.57. The average molecular weight is 348 g/mol. The molecule has 0 bridgehead atoms. The van der Waals surface area contributed by atoms with E-state index in [2.05, 4.69) is 27.2 Å². The molecule has 0 amide bonds. The Bertz CT molecular complexity index is 477. The normalized spacial score (nSPS) is 13.0. The fourth-order valence-corrected chi connectivity index (χ4v) is 2.46. The van der Waals surface area contributed by atoms with Crippen molar-refractivity contribution in [2.24, 2.45) is 0 Å². The minimum atomic E-state index is -4.36. The lowest BCUT2D eigenvalue weighted by Gasteiger charge is -2.22. The SMILES string of the molecule is C#CCCCC(NCC)c1ccc(Br)cc1C(F)(F)F. The van der Waals surface area contributed by atoms with Gasteiger partial charge >= 0.3 is 6.18 Å². The van der Waals surface area contributed by atoms with Crippen molar-refractivity contribution in [1.29, 1.82) is 0 Å². The number of halogens is 4. The smallest absolute Gasteiger partial charge is 0.310 e. The number of rotatable bonds is 6. The number of alkyl halides is 3. The Labute approximate surface area is 126 Å². The second kappa shape index (κ2) is 7.70. The van der Waals surface area contributed by atoms with Crippen LogP contribution in [0.4, 0.5) is 13.2 Å². The second-order valence-corrected chi connectivity index (χ2v) is 5.35. The van der Waals surface area contributed by atoms with Crippen molar-refractivity contribution in [1.82, 2.24) is 5.32 Å². The summed E-state index contributed by atoms with van der Waals surface area (Å²) in [5, 5.41) is 3.11. The molecular formula is C15H17BrF3N. The van der Waals surface area contributed by atoms with Crippen LogP contribution in [-0.4, -0.2) is 6.54 Å². The molecule has 1 atom stereocenters. The molecule has 1 nitrogen and oxygen atoms in total. The highest BCUT2D eigenvalue weighted by Gasteiger charge is 2.35. The van der Waals surface area contributed by atoms with E-state index in [4.69, 9.17) is 6.42 Å². The monoisotopic (exact) mass is 347 g/mol. The van der Waals surface area contributed by atoms with Crippen LogP contribution in [0.1, 0.15) is 43.4 Å². The molecule has 0 saturated heterocycles. The summed E-state index contributed by atoms with van der Waals surface area (Å²) in [6, 6.07) is 3.95. The molecule has 110 valence electrons. The van der Waals surface area contributed by atoms with Crippen LogP contribution in [0.25, 0.3) is 0 Å². The van der Waals surface area contributed by atoms with Crippen molar-refractivity contribution in [2.45, 2.75) is 38.4 Å². The molecule has 0 heterocycles. The average Bonchev–Trinajstić information content (AvgIpc) is 2.37. The summed E-state index contributed by atoms with van der Waals surface area (Å²) in [5.74, 6) is 2.51. The molecule has 0 aliphatic heterocycles. The maximum absolute atomic E-state index is 13.1. The van der Waals surface area contributed by atoms with E-state index in [1.54, 1.807) is 6.07 Å². The van der Waals surface area contributed by atoms with Gasteiger partial charge in [0.05, 0.1) is 5.56 Å². The van der Waals surface area contributed by atoms with Crippen LogP contribution in [0, 0.1) is 12.3 Å². The predicted molar refractivity (Wildman–Crippen MR) is 78.2 cm³/mol. The molecule has 1 N–H and O–H groups in total. The molecule has 20 heavy (non-hydrogen) atoms. The van der Waals surface area contributed by atoms with Gasteiger partial charge < -0.3 is 5.32 Å². The highest BCUT2D eigenvalue weighted by atomic mass is 79.9. The standard InChI is InChI=1S/C15H17BrF3N/c1-3-5-6-7-14(20-4-2)12-9-8-11(16)10-13(12)15(17,18)19/h1,8-10,14,20H,4-7H2,2H3. The van der Waals surface area contributed by atoms with Gasteiger partial charge in [-0.25, -0.2) is 0 Å². The van der Waals surface area contributed by atoms with Crippen LogP contribution in [0.2, 0.25) is 0 Å². The van der Waals surface area contributed by atoms with E-state index in [0.29, 0.717) is 30.3 Å². The van der Waals surface area contributed by atoms with Gasteiger partial charge in [0.2, 0.25) is 0 Å². The third kappa shape index (κ3) is 4.84. The first-order chi connectivity index (χ1) is 9.40. The molecule has 0 fully saturated rings. The third-order valence-electron chi connectivity index (χ3n) is 2.96. The zero-order valence-corrected chi connectivity index (χ0v) is 12.8. The summed E-state index contributed by atoms with van der Waals surface area (Å²) in [6.07, 6.45) is 2.68. The first-order valence-electron chi connectivity index (χ1n) is 6.43. The third-order valence-corrected chi connectivity index (χ3v) is 3.45. The van der Waals surface area contributed by atoms with Gasteiger partial charge in [0, 0.05) is 16.9 Å². The fourth-order valence-electron chi connectivity index (χ4n) is 2.10. The summed E-state index contributed by atoms with van der Waals surface area (Å²) in [6.45, 7) is 2.48. The largest absolute Gasteiger partial charge is 0.416 e. The van der Waals surface area contributed by atoms with Gasteiger partial charge in [-0.2, -0.15) is 13.2 Å². The lowest BCUT2D eigenvalue weighted by molar-refractivity contribution is -0.138. The number of unbranched alkanes of at least 4 members (excludes halogenated alkanes) is 1. The first kappa shape index (κ1) is 17.1. The Balaban J connectivity index is 3.09. The van der Waals surface area contributed by atoms with Crippen LogP contribution >= 0.6 is 15.9 Å². The molecular weight excluding hydrogens is 331 g/mol.